The highest BCUT2D eigenvalue weighted by atomic mass is 16.5. The summed E-state index contributed by atoms with van der Waals surface area (Å²) in [6, 6.07) is 11.1. The fourth-order valence-corrected chi connectivity index (χ4v) is 2.22. The molecule has 15 heavy (non-hydrogen) atoms. The SMILES string of the molecule is CC1C(NO)CCN1Cc1ccccc1. The Labute approximate surface area is 90.7 Å². The molecule has 0 spiro atoms. The Morgan fingerprint density at radius 3 is 2.73 bits per heavy atom. The van der Waals surface area contributed by atoms with Crippen molar-refractivity contribution in [3.05, 3.63) is 35.9 Å². The fraction of sp³-hybridized carbons (Fsp3) is 0.500. The maximum atomic E-state index is 8.94. The number of benzene rings is 1. The predicted octanol–water partition coefficient (Wildman–Crippen LogP) is 1.63. The molecule has 1 fully saturated rings. The second-order valence-corrected chi connectivity index (χ2v) is 4.22. The van der Waals surface area contributed by atoms with Crippen LogP contribution in [0.3, 0.4) is 0 Å². The van der Waals surface area contributed by atoms with Crippen molar-refractivity contribution in [1.82, 2.24) is 10.4 Å². The van der Waals surface area contributed by atoms with Crippen molar-refractivity contribution in [3.63, 3.8) is 0 Å². The minimum absolute atomic E-state index is 0.216. The molecule has 2 unspecified atom stereocenters. The molecule has 3 heteroatoms. The van der Waals surface area contributed by atoms with E-state index in [4.69, 9.17) is 5.21 Å². The first-order valence-corrected chi connectivity index (χ1v) is 5.49. The Morgan fingerprint density at radius 2 is 2.13 bits per heavy atom. The number of likely N-dealkylation sites (tertiary alicyclic amines) is 1. The van der Waals surface area contributed by atoms with Crippen molar-refractivity contribution in [1.29, 1.82) is 0 Å². The first-order valence-electron chi connectivity index (χ1n) is 5.49. The summed E-state index contributed by atoms with van der Waals surface area (Å²) in [7, 11) is 0. The lowest BCUT2D eigenvalue weighted by Gasteiger charge is -2.23. The van der Waals surface area contributed by atoms with Gasteiger partial charge in [-0.2, -0.15) is 0 Å². The average Bonchev–Trinajstić information content (AvgIpc) is 2.62. The van der Waals surface area contributed by atoms with Crippen LogP contribution in [-0.4, -0.2) is 28.7 Å². The van der Waals surface area contributed by atoms with E-state index in [1.807, 2.05) is 6.07 Å². The van der Waals surface area contributed by atoms with Gasteiger partial charge in [-0.15, -0.1) is 0 Å². The summed E-state index contributed by atoms with van der Waals surface area (Å²) in [6.07, 6.45) is 1.02. The van der Waals surface area contributed by atoms with Gasteiger partial charge >= 0.3 is 0 Å². The molecule has 0 bridgehead atoms. The van der Waals surface area contributed by atoms with E-state index in [-0.39, 0.29) is 6.04 Å². The van der Waals surface area contributed by atoms with Crippen LogP contribution >= 0.6 is 0 Å². The smallest absolute Gasteiger partial charge is 0.0484 e. The second-order valence-electron chi connectivity index (χ2n) is 4.22. The van der Waals surface area contributed by atoms with Crippen molar-refractivity contribution in [2.75, 3.05) is 6.54 Å². The van der Waals surface area contributed by atoms with Crippen LogP contribution in [0.15, 0.2) is 30.3 Å². The Bertz CT molecular complexity index is 302. The molecule has 2 atom stereocenters. The van der Waals surface area contributed by atoms with Crippen molar-refractivity contribution in [3.8, 4) is 0 Å². The van der Waals surface area contributed by atoms with Gasteiger partial charge in [0.25, 0.3) is 0 Å². The summed E-state index contributed by atoms with van der Waals surface area (Å²) in [5.74, 6) is 0. The van der Waals surface area contributed by atoms with Gasteiger partial charge in [-0.3, -0.25) is 4.90 Å². The molecule has 0 aliphatic carbocycles. The van der Waals surface area contributed by atoms with Gasteiger partial charge in [0, 0.05) is 25.2 Å². The number of nitrogens with zero attached hydrogens (tertiary/aromatic N) is 1. The largest absolute Gasteiger partial charge is 0.316 e. The molecule has 0 radical (unpaired) electrons. The van der Waals surface area contributed by atoms with E-state index in [1.54, 1.807) is 0 Å². The zero-order chi connectivity index (χ0) is 10.7. The number of hydrogen-bond donors (Lipinski definition) is 2. The van der Waals surface area contributed by atoms with Crippen molar-refractivity contribution < 1.29 is 5.21 Å². The highest BCUT2D eigenvalue weighted by Crippen LogP contribution is 2.19. The fourth-order valence-electron chi connectivity index (χ4n) is 2.22. The summed E-state index contributed by atoms with van der Waals surface area (Å²) in [6.45, 7) is 4.18. The molecule has 1 aliphatic heterocycles. The van der Waals surface area contributed by atoms with Gasteiger partial charge in [0.05, 0.1) is 0 Å². The van der Waals surface area contributed by atoms with Crippen LogP contribution in [-0.2, 0) is 6.54 Å². The molecular weight excluding hydrogens is 188 g/mol. The third kappa shape index (κ3) is 2.37. The molecule has 0 amide bonds. The normalized spacial score (nSPS) is 27.1. The summed E-state index contributed by atoms with van der Waals surface area (Å²) in [5.41, 5.74) is 3.72. The lowest BCUT2D eigenvalue weighted by Crippen LogP contribution is -2.38. The first-order chi connectivity index (χ1) is 7.31. The lowest BCUT2D eigenvalue weighted by molar-refractivity contribution is 0.105. The minimum Gasteiger partial charge on any atom is -0.316 e. The lowest BCUT2D eigenvalue weighted by atomic mass is 10.1. The third-order valence-corrected chi connectivity index (χ3v) is 3.28. The van der Waals surface area contributed by atoms with E-state index in [2.05, 4.69) is 41.6 Å². The highest BCUT2D eigenvalue weighted by molar-refractivity contribution is 5.15. The Hall–Kier alpha value is -0.900. The minimum atomic E-state index is 0.216. The van der Waals surface area contributed by atoms with Gasteiger partial charge in [0.1, 0.15) is 0 Å². The van der Waals surface area contributed by atoms with Crippen LogP contribution < -0.4 is 5.48 Å². The van der Waals surface area contributed by atoms with Crippen LogP contribution in [0.5, 0.6) is 0 Å². The summed E-state index contributed by atoms with van der Waals surface area (Å²) >= 11 is 0. The number of hydroxylamine groups is 1. The Kier molecular flexibility index (Phi) is 3.36. The summed E-state index contributed by atoms with van der Waals surface area (Å²) in [4.78, 5) is 2.39. The zero-order valence-corrected chi connectivity index (χ0v) is 9.06. The summed E-state index contributed by atoms with van der Waals surface area (Å²) < 4.78 is 0. The van der Waals surface area contributed by atoms with Gasteiger partial charge in [0.15, 0.2) is 0 Å². The third-order valence-electron chi connectivity index (χ3n) is 3.28. The van der Waals surface area contributed by atoms with Crippen LogP contribution in [0.2, 0.25) is 0 Å². The van der Waals surface area contributed by atoms with Gasteiger partial charge in [-0.1, -0.05) is 30.3 Å². The molecule has 1 aromatic rings. The van der Waals surface area contributed by atoms with Crippen LogP contribution in [0.1, 0.15) is 18.9 Å². The highest BCUT2D eigenvalue weighted by Gasteiger charge is 2.29. The molecule has 1 aromatic carbocycles. The zero-order valence-electron chi connectivity index (χ0n) is 9.06. The van der Waals surface area contributed by atoms with Crippen molar-refractivity contribution >= 4 is 0 Å². The van der Waals surface area contributed by atoms with E-state index in [1.165, 1.54) is 5.56 Å². The van der Waals surface area contributed by atoms with E-state index < -0.39 is 0 Å². The average molecular weight is 206 g/mol. The topological polar surface area (TPSA) is 35.5 Å². The predicted molar refractivity (Wildman–Crippen MR) is 59.6 cm³/mol. The second kappa shape index (κ2) is 4.75. The molecule has 3 nitrogen and oxygen atoms in total. The van der Waals surface area contributed by atoms with Crippen LogP contribution in [0.4, 0.5) is 0 Å². The molecule has 1 heterocycles. The van der Waals surface area contributed by atoms with Crippen molar-refractivity contribution in [2.24, 2.45) is 0 Å². The molecule has 0 aromatic heterocycles. The van der Waals surface area contributed by atoms with E-state index in [9.17, 15) is 0 Å². The van der Waals surface area contributed by atoms with Gasteiger partial charge in [-0.25, -0.2) is 5.48 Å². The van der Waals surface area contributed by atoms with Gasteiger partial charge < -0.3 is 5.21 Å². The first kappa shape index (κ1) is 10.6. The maximum Gasteiger partial charge on any atom is 0.0484 e. The maximum absolute atomic E-state index is 8.94. The molecule has 1 saturated heterocycles. The van der Waals surface area contributed by atoms with Gasteiger partial charge in [-0.05, 0) is 18.9 Å². The molecule has 82 valence electrons. The number of nitrogens with one attached hydrogen (secondary N) is 1. The molecule has 0 saturated carbocycles. The number of hydrogen-bond acceptors (Lipinski definition) is 3. The molecule has 2 rings (SSSR count). The van der Waals surface area contributed by atoms with Gasteiger partial charge in [0.2, 0.25) is 0 Å². The summed E-state index contributed by atoms with van der Waals surface area (Å²) in [5, 5.41) is 8.94. The van der Waals surface area contributed by atoms with E-state index >= 15 is 0 Å². The van der Waals surface area contributed by atoms with Crippen molar-refractivity contribution in [2.45, 2.75) is 32.0 Å². The molecule has 1 aliphatic rings. The quantitative estimate of drug-likeness (QED) is 0.738. The standard InChI is InChI=1S/C12H18N2O/c1-10-12(13-15)7-8-14(10)9-11-5-3-2-4-6-11/h2-6,10,12-13,15H,7-9H2,1H3. The number of rotatable bonds is 3. The van der Waals surface area contributed by atoms with Crippen LogP contribution in [0, 0.1) is 0 Å². The molecular formula is C12H18N2O. The molecule has 2 N–H and O–H groups in total. The van der Waals surface area contributed by atoms with E-state index in [0.717, 1.165) is 19.5 Å². The monoisotopic (exact) mass is 206 g/mol. The van der Waals surface area contributed by atoms with Crippen LogP contribution in [0.25, 0.3) is 0 Å². The van der Waals surface area contributed by atoms with E-state index in [0.29, 0.717) is 6.04 Å². The Balaban J connectivity index is 1.96. The Morgan fingerprint density at radius 1 is 1.40 bits per heavy atom.